The lowest BCUT2D eigenvalue weighted by atomic mass is 9.95. The van der Waals surface area contributed by atoms with Crippen molar-refractivity contribution >= 4 is 17.7 Å². The van der Waals surface area contributed by atoms with E-state index in [0.717, 1.165) is 5.25 Å². The normalized spacial score (nSPS) is 26.8. The van der Waals surface area contributed by atoms with Crippen LogP contribution in [0.2, 0.25) is 0 Å². The highest BCUT2D eigenvalue weighted by atomic mass is 32.2. The number of aliphatic carboxylic acids is 1. The second-order valence-corrected chi connectivity index (χ2v) is 5.45. The van der Waals surface area contributed by atoms with Gasteiger partial charge in [0.1, 0.15) is 0 Å². The van der Waals surface area contributed by atoms with Crippen molar-refractivity contribution in [1.82, 2.24) is 5.32 Å². The summed E-state index contributed by atoms with van der Waals surface area (Å²) < 4.78 is 0. The van der Waals surface area contributed by atoms with Crippen LogP contribution in [0.5, 0.6) is 0 Å². The van der Waals surface area contributed by atoms with Crippen molar-refractivity contribution in [2.45, 2.75) is 43.9 Å². The van der Waals surface area contributed by atoms with Crippen LogP contribution in [0, 0.1) is 0 Å². The van der Waals surface area contributed by atoms with Gasteiger partial charge in [-0.25, -0.2) is 4.79 Å². The fourth-order valence-corrected chi connectivity index (χ4v) is 2.71. The Balaban J connectivity index is 2.20. The van der Waals surface area contributed by atoms with E-state index in [2.05, 4.69) is 11.6 Å². The highest BCUT2D eigenvalue weighted by molar-refractivity contribution is 7.99. The van der Waals surface area contributed by atoms with E-state index in [4.69, 9.17) is 5.11 Å². The van der Waals surface area contributed by atoms with E-state index < -0.39 is 5.97 Å². The van der Waals surface area contributed by atoms with Gasteiger partial charge in [-0.3, -0.25) is 0 Å². The Bertz CT molecular complexity index is 258. The molecule has 0 amide bonds. The maximum Gasteiger partial charge on any atom is 0.330 e. The molecule has 0 atom stereocenters. The maximum absolute atomic E-state index is 10.6. The van der Waals surface area contributed by atoms with Crippen LogP contribution in [0.4, 0.5) is 0 Å². The van der Waals surface area contributed by atoms with Gasteiger partial charge in [0.15, 0.2) is 0 Å². The molecule has 0 heterocycles. The average molecular weight is 243 g/mol. The lowest BCUT2D eigenvalue weighted by molar-refractivity contribution is -0.132. The number of hydrogen-bond acceptors (Lipinski definition) is 3. The molecule has 0 aliphatic heterocycles. The second kappa shape index (κ2) is 6.97. The molecule has 1 aliphatic carbocycles. The maximum atomic E-state index is 10.6. The second-order valence-electron chi connectivity index (χ2n) is 4.31. The molecule has 1 aliphatic rings. The molecule has 92 valence electrons. The molecule has 1 saturated carbocycles. The molecule has 1 rings (SSSR count). The van der Waals surface area contributed by atoms with Crippen LogP contribution in [0.25, 0.3) is 0 Å². The zero-order chi connectivity index (χ0) is 12.0. The minimum Gasteiger partial charge on any atom is -0.478 e. The molecule has 0 saturated heterocycles. The van der Waals surface area contributed by atoms with Crippen molar-refractivity contribution in [3.8, 4) is 0 Å². The van der Waals surface area contributed by atoms with Gasteiger partial charge in [-0.2, -0.15) is 11.8 Å². The number of carbonyl (C=O) groups is 1. The third-order valence-electron chi connectivity index (χ3n) is 3.16. The Kier molecular flexibility index (Phi) is 5.91. The first-order chi connectivity index (χ1) is 7.63. The third kappa shape index (κ3) is 4.58. The summed E-state index contributed by atoms with van der Waals surface area (Å²) in [7, 11) is 0. The van der Waals surface area contributed by atoms with Crippen molar-refractivity contribution < 1.29 is 9.90 Å². The van der Waals surface area contributed by atoms with E-state index in [9.17, 15) is 4.79 Å². The van der Waals surface area contributed by atoms with E-state index >= 15 is 0 Å². The van der Waals surface area contributed by atoms with Gasteiger partial charge in [0, 0.05) is 23.4 Å². The summed E-state index contributed by atoms with van der Waals surface area (Å²) in [5.41, 5.74) is 0.422. The SMILES string of the molecule is CSC1CCC(NC/C=C(/C)C(=O)O)CC1. The van der Waals surface area contributed by atoms with Gasteiger partial charge in [-0.15, -0.1) is 0 Å². The smallest absolute Gasteiger partial charge is 0.330 e. The van der Waals surface area contributed by atoms with Crippen LogP contribution in [-0.2, 0) is 4.79 Å². The lowest BCUT2D eigenvalue weighted by Crippen LogP contribution is -2.34. The minimum atomic E-state index is -0.826. The topological polar surface area (TPSA) is 49.3 Å². The molecule has 0 radical (unpaired) electrons. The zero-order valence-corrected chi connectivity index (χ0v) is 10.8. The molecule has 3 nitrogen and oxygen atoms in total. The summed E-state index contributed by atoms with van der Waals surface area (Å²) in [5, 5.41) is 12.9. The molecule has 0 bridgehead atoms. The van der Waals surface area contributed by atoms with Crippen molar-refractivity contribution in [2.24, 2.45) is 0 Å². The van der Waals surface area contributed by atoms with Gasteiger partial charge in [0.2, 0.25) is 0 Å². The van der Waals surface area contributed by atoms with E-state index in [1.54, 1.807) is 13.0 Å². The van der Waals surface area contributed by atoms with E-state index in [0.29, 0.717) is 18.2 Å². The summed E-state index contributed by atoms with van der Waals surface area (Å²) in [6.07, 6.45) is 8.91. The van der Waals surface area contributed by atoms with Crippen molar-refractivity contribution in [3.63, 3.8) is 0 Å². The van der Waals surface area contributed by atoms with Crippen LogP contribution in [-0.4, -0.2) is 35.2 Å². The predicted octanol–water partition coefficient (Wildman–Crippen LogP) is 2.28. The van der Waals surface area contributed by atoms with Crippen LogP contribution in [0.3, 0.4) is 0 Å². The van der Waals surface area contributed by atoms with Gasteiger partial charge < -0.3 is 10.4 Å². The monoisotopic (exact) mass is 243 g/mol. The van der Waals surface area contributed by atoms with Gasteiger partial charge in [0.25, 0.3) is 0 Å². The molecule has 2 N–H and O–H groups in total. The number of carboxylic acid groups (broad SMARTS) is 1. The Morgan fingerprint density at radius 2 is 2.06 bits per heavy atom. The largest absolute Gasteiger partial charge is 0.478 e. The highest BCUT2D eigenvalue weighted by Gasteiger charge is 2.19. The Morgan fingerprint density at radius 3 is 2.56 bits per heavy atom. The zero-order valence-electron chi connectivity index (χ0n) is 10.0. The van der Waals surface area contributed by atoms with Crippen molar-refractivity contribution in [3.05, 3.63) is 11.6 Å². The Labute approximate surface area is 102 Å². The Hall–Kier alpha value is -0.480. The van der Waals surface area contributed by atoms with Gasteiger partial charge >= 0.3 is 5.97 Å². The molecule has 0 unspecified atom stereocenters. The molecular weight excluding hydrogens is 222 g/mol. The van der Waals surface area contributed by atoms with Crippen LogP contribution < -0.4 is 5.32 Å². The van der Waals surface area contributed by atoms with Crippen LogP contribution in [0.1, 0.15) is 32.6 Å². The number of carboxylic acids is 1. The summed E-state index contributed by atoms with van der Waals surface area (Å²) >= 11 is 1.96. The third-order valence-corrected chi connectivity index (χ3v) is 4.30. The predicted molar refractivity (Wildman–Crippen MR) is 69.0 cm³/mol. The first kappa shape index (κ1) is 13.6. The van der Waals surface area contributed by atoms with Crippen LogP contribution in [0.15, 0.2) is 11.6 Å². The number of thioether (sulfide) groups is 1. The van der Waals surface area contributed by atoms with Crippen molar-refractivity contribution in [2.75, 3.05) is 12.8 Å². The molecule has 0 aromatic heterocycles. The Morgan fingerprint density at radius 1 is 1.44 bits per heavy atom. The summed E-state index contributed by atoms with van der Waals surface area (Å²) in [5.74, 6) is -0.826. The number of hydrogen-bond donors (Lipinski definition) is 2. The van der Waals surface area contributed by atoms with Gasteiger partial charge in [0.05, 0.1) is 0 Å². The standard InChI is InChI=1S/C12H21NO2S/c1-9(12(14)15)7-8-13-10-3-5-11(16-2)6-4-10/h7,10-11,13H,3-6,8H2,1-2H3,(H,14,15)/b9-7-. The molecule has 16 heavy (non-hydrogen) atoms. The quantitative estimate of drug-likeness (QED) is 0.727. The highest BCUT2D eigenvalue weighted by Crippen LogP contribution is 2.26. The first-order valence-electron chi connectivity index (χ1n) is 5.79. The average Bonchev–Trinajstić information content (AvgIpc) is 2.29. The molecule has 0 aromatic carbocycles. The summed E-state index contributed by atoms with van der Waals surface area (Å²) in [4.78, 5) is 10.6. The molecule has 4 heteroatoms. The number of rotatable bonds is 5. The van der Waals surface area contributed by atoms with E-state index in [1.165, 1.54) is 25.7 Å². The van der Waals surface area contributed by atoms with E-state index in [-0.39, 0.29) is 0 Å². The summed E-state index contributed by atoms with van der Waals surface area (Å²) in [6, 6.07) is 0.571. The minimum absolute atomic E-state index is 0.422. The molecule has 0 spiro atoms. The molecule has 0 aromatic rings. The van der Waals surface area contributed by atoms with Gasteiger partial charge in [-0.05, 0) is 38.9 Å². The molecule has 1 fully saturated rings. The lowest BCUT2D eigenvalue weighted by Gasteiger charge is -2.27. The van der Waals surface area contributed by atoms with Crippen LogP contribution >= 0.6 is 11.8 Å². The summed E-state index contributed by atoms with van der Waals surface area (Å²) in [6.45, 7) is 2.31. The molecular formula is C12H21NO2S. The van der Waals surface area contributed by atoms with Gasteiger partial charge in [-0.1, -0.05) is 6.08 Å². The van der Waals surface area contributed by atoms with E-state index in [1.807, 2.05) is 11.8 Å². The number of nitrogens with one attached hydrogen (secondary N) is 1. The fraction of sp³-hybridized carbons (Fsp3) is 0.750. The van der Waals surface area contributed by atoms with Crippen molar-refractivity contribution in [1.29, 1.82) is 0 Å². The fourth-order valence-electron chi connectivity index (χ4n) is 1.97. The first-order valence-corrected chi connectivity index (χ1v) is 7.08.